The van der Waals surface area contributed by atoms with Crippen molar-refractivity contribution in [2.24, 2.45) is 0 Å². The van der Waals surface area contributed by atoms with Gasteiger partial charge in [-0.25, -0.2) is 4.98 Å². The van der Waals surface area contributed by atoms with Crippen molar-refractivity contribution in [1.29, 1.82) is 0 Å². The van der Waals surface area contributed by atoms with Gasteiger partial charge in [-0.1, -0.05) is 23.2 Å². The Kier molecular flexibility index (Phi) is 7.39. The summed E-state index contributed by atoms with van der Waals surface area (Å²) < 4.78 is 45.2. The average Bonchev–Trinajstić information content (AvgIpc) is 2.68. The molecule has 1 aromatic heterocycles. The van der Waals surface area contributed by atoms with E-state index in [9.17, 15) is 13.2 Å². The molecule has 0 amide bonds. The summed E-state index contributed by atoms with van der Waals surface area (Å²) in [6, 6.07) is 4.74. The van der Waals surface area contributed by atoms with Crippen LogP contribution in [0.25, 0.3) is 0 Å². The number of alkyl halides is 3. The van der Waals surface area contributed by atoms with Gasteiger partial charge in [0.2, 0.25) is 5.95 Å². The second kappa shape index (κ2) is 9.80. The lowest BCUT2D eigenvalue weighted by molar-refractivity contribution is -0.137. The molecule has 2 N–H and O–H groups in total. The Bertz CT molecular complexity index is 832. The van der Waals surface area contributed by atoms with Crippen LogP contribution in [0.5, 0.6) is 0 Å². The zero-order valence-electron chi connectivity index (χ0n) is 15.4. The van der Waals surface area contributed by atoms with Gasteiger partial charge in [-0.2, -0.15) is 18.2 Å². The van der Waals surface area contributed by atoms with Crippen molar-refractivity contribution in [1.82, 2.24) is 14.9 Å². The lowest BCUT2D eigenvalue weighted by Crippen LogP contribution is -2.37. The molecular weight excluding hydrogens is 430 g/mol. The fraction of sp³-hybridized carbons (Fsp3) is 0.444. The van der Waals surface area contributed by atoms with Crippen LogP contribution in [-0.2, 0) is 10.9 Å². The molecule has 0 bridgehead atoms. The van der Waals surface area contributed by atoms with E-state index in [1.54, 1.807) is 18.2 Å². The van der Waals surface area contributed by atoms with E-state index in [-0.39, 0.29) is 11.8 Å². The quantitative estimate of drug-likeness (QED) is 0.598. The number of ether oxygens (including phenoxy) is 1. The van der Waals surface area contributed by atoms with Crippen molar-refractivity contribution in [3.63, 3.8) is 0 Å². The molecule has 1 fully saturated rings. The normalized spacial score (nSPS) is 15.3. The molecule has 1 aromatic carbocycles. The number of benzene rings is 1. The van der Waals surface area contributed by atoms with Gasteiger partial charge in [-0.3, -0.25) is 4.90 Å². The molecule has 29 heavy (non-hydrogen) atoms. The van der Waals surface area contributed by atoms with Crippen LogP contribution in [0.15, 0.2) is 24.4 Å². The molecule has 0 aliphatic carbocycles. The SMILES string of the molecule is FC(F)(F)c1cnc(Nc2ccc(Cl)c(Cl)c2)nc1NCCCN1CCOCC1. The minimum absolute atomic E-state index is 0.0204. The fourth-order valence-electron chi connectivity index (χ4n) is 2.82. The van der Waals surface area contributed by atoms with Crippen molar-refractivity contribution >= 4 is 40.7 Å². The van der Waals surface area contributed by atoms with Gasteiger partial charge in [0.1, 0.15) is 11.4 Å². The summed E-state index contributed by atoms with van der Waals surface area (Å²) in [4.78, 5) is 10.00. The van der Waals surface area contributed by atoms with E-state index >= 15 is 0 Å². The number of hydrogen-bond donors (Lipinski definition) is 2. The van der Waals surface area contributed by atoms with Gasteiger partial charge in [-0.05, 0) is 31.2 Å². The highest BCUT2D eigenvalue weighted by Crippen LogP contribution is 2.34. The molecule has 158 valence electrons. The van der Waals surface area contributed by atoms with E-state index in [4.69, 9.17) is 27.9 Å². The molecule has 6 nitrogen and oxygen atoms in total. The Morgan fingerprint density at radius 1 is 1.14 bits per heavy atom. The molecule has 2 aromatic rings. The number of rotatable bonds is 7. The number of aromatic nitrogens is 2. The minimum Gasteiger partial charge on any atom is -0.379 e. The zero-order chi connectivity index (χ0) is 20.9. The third kappa shape index (κ3) is 6.33. The first kappa shape index (κ1) is 21.9. The zero-order valence-corrected chi connectivity index (χ0v) is 16.9. The van der Waals surface area contributed by atoms with Crippen molar-refractivity contribution in [2.75, 3.05) is 50.0 Å². The second-order valence-electron chi connectivity index (χ2n) is 6.44. The molecule has 0 radical (unpaired) electrons. The summed E-state index contributed by atoms with van der Waals surface area (Å²) in [7, 11) is 0. The van der Waals surface area contributed by atoms with Crippen LogP contribution in [0.4, 0.5) is 30.6 Å². The summed E-state index contributed by atoms with van der Waals surface area (Å²) in [5.74, 6) is -0.246. The summed E-state index contributed by atoms with van der Waals surface area (Å²) in [6.45, 7) is 4.15. The molecular formula is C18H20Cl2F3N5O. The number of nitrogens with zero attached hydrogens (tertiary/aromatic N) is 3. The first-order valence-electron chi connectivity index (χ1n) is 9.03. The molecule has 11 heteroatoms. The monoisotopic (exact) mass is 449 g/mol. The summed E-state index contributed by atoms with van der Waals surface area (Å²) in [5.41, 5.74) is -0.402. The number of morpholine rings is 1. The van der Waals surface area contributed by atoms with Gasteiger partial charge in [0.15, 0.2) is 0 Å². The minimum atomic E-state index is -4.56. The number of anilines is 3. The van der Waals surface area contributed by atoms with Crippen LogP contribution >= 0.6 is 23.2 Å². The van der Waals surface area contributed by atoms with Crippen LogP contribution in [0.3, 0.4) is 0 Å². The average molecular weight is 450 g/mol. The number of nitrogens with one attached hydrogen (secondary N) is 2. The first-order chi connectivity index (χ1) is 13.8. The topological polar surface area (TPSA) is 62.3 Å². The molecule has 1 saturated heterocycles. The third-order valence-electron chi connectivity index (χ3n) is 4.32. The fourth-order valence-corrected chi connectivity index (χ4v) is 3.12. The highest BCUT2D eigenvalue weighted by atomic mass is 35.5. The Hall–Kier alpha value is -1.81. The smallest absolute Gasteiger partial charge is 0.379 e. The van der Waals surface area contributed by atoms with Crippen molar-refractivity contribution in [2.45, 2.75) is 12.6 Å². The predicted octanol–water partition coefficient (Wildman–Crippen LogP) is 4.68. The van der Waals surface area contributed by atoms with E-state index in [2.05, 4.69) is 25.5 Å². The molecule has 0 unspecified atom stereocenters. The predicted molar refractivity (Wildman–Crippen MR) is 107 cm³/mol. The molecule has 1 aliphatic heterocycles. The maximum Gasteiger partial charge on any atom is 0.421 e. The van der Waals surface area contributed by atoms with Crippen LogP contribution in [0.1, 0.15) is 12.0 Å². The molecule has 1 aliphatic rings. The Morgan fingerprint density at radius 2 is 1.90 bits per heavy atom. The number of hydrogen-bond acceptors (Lipinski definition) is 6. The van der Waals surface area contributed by atoms with Crippen LogP contribution in [0, 0.1) is 0 Å². The Morgan fingerprint density at radius 3 is 2.59 bits per heavy atom. The summed E-state index contributed by atoms with van der Waals surface area (Å²) >= 11 is 11.8. The van der Waals surface area contributed by atoms with Gasteiger partial charge >= 0.3 is 6.18 Å². The van der Waals surface area contributed by atoms with E-state index in [1.807, 2.05) is 0 Å². The second-order valence-corrected chi connectivity index (χ2v) is 7.26. The van der Waals surface area contributed by atoms with E-state index in [1.165, 1.54) is 0 Å². The van der Waals surface area contributed by atoms with Gasteiger partial charge < -0.3 is 15.4 Å². The standard InChI is InChI=1S/C18H20Cl2F3N5O/c19-14-3-2-12(10-15(14)20)26-17-25-11-13(18(21,22)23)16(27-17)24-4-1-5-28-6-8-29-9-7-28/h2-3,10-11H,1,4-9H2,(H2,24,25,26,27). The molecule has 2 heterocycles. The third-order valence-corrected chi connectivity index (χ3v) is 5.06. The van der Waals surface area contributed by atoms with Gasteiger partial charge in [0, 0.05) is 31.5 Å². The summed E-state index contributed by atoms with van der Waals surface area (Å²) in [6.07, 6.45) is -3.12. The highest BCUT2D eigenvalue weighted by molar-refractivity contribution is 6.42. The Balaban J connectivity index is 1.67. The van der Waals surface area contributed by atoms with E-state index < -0.39 is 11.7 Å². The maximum atomic E-state index is 13.3. The van der Waals surface area contributed by atoms with Crippen molar-refractivity contribution in [3.8, 4) is 0 Å². The molecule has 0 saturated carbocycles. The van der Waals surface area contributed by atoms with E-state index in [0.717, 1.165) is 25.8 Å². The van der Waals surface area contributed by atoms with Gasteiger partial charge in [0.25, 0.3) is 0 Å². The van der Waals surface area contributed by atoms with E-state index in [0.29, 0.717) is 41.9 Å². The molecule has 3 rings (SSSR count). The van der Waals surface area contributed by atoms with Gasteiger partial charge in [-0.15, -0.1) is 0 Å². The highest BCUT2D eigenvalue weighted by Gasteiger charge is 2.35. The lowest BCUT2D eigenvalue weighted by Gasteiger charge is -2.26. The molecule has 0 spiro atoms. The van der Waals surface area contributed by atoms with Gasteiger partial charge in [0.05, 0.1) is 23.3 Å². The number of halogens is 5. The van der Waals surface area contributed by atoms with Crippen LogP contribution in [0.2, 0.25) is 10.0 Å². The first-order valence-corrected chi connectivity index (χ1v) is 9.79. The largest absolute Gasteiger partial charge is 0.421 e. The van der Waals surface area contributed by atoms with Crippen molar-refractivity contribution in [3.05, 3.63) is 40.0 Å². The maximum absolute atomic E-state index is 13.3. The molecule has 0 atom stereocenters. The van der Waals surface area contributed by atoms with Crippen LogP contribution < -0.4 is 10.6 Å². The Labute approximate surface area is 176 Å². The van der Waals surface area contributed by atoms with Crippen molar-refractivity contribution < 1.29 is 17.9 Å². The lowest BCUT2D eigenvalue weighted by atomic mass is 10.3. The summed E-state index contributed by atoms with van der Waals surface area (Å²) in [5, 5.41) is 6.31. The van der Waals surface area contributed by atoms with Crippen LogP contribution in [-0.4, -0.2) is 54.3 Å².